The maximum absolute atomic E-state index is 6.74. The molecule has 6 heteroatoms. The Kier molecular flexibility index (Phi) is 6.70. The highest BCUT2D eigenvalue weighted by atomic mass is 32.1. The number of para-hydroxylation sites is 1. The second-order valence-electron chi connectivity index (χ2n) is 19.7. The molecule has 12 aromatic rings. The third-order valence-electron chi connectivity index (χ3n) is 14.1. The summed E-state index contributed by atoms with van der Waals surface area (Å²) in [4.78, 5) is 2.70. The van der Waals surface area contributed by atoms with E-state index in [1.807, 2.05) is 22.7 Å². The quantitative estimate of drug-likeness (QED) is 0.154. The van der Waals surface area contributed by atoms with Gasteiger partial charge < -0.3 is 13.8 Å². The Labute approximate surface area is 367 Å². The van der Waals surface area contributed by atoms with Crippen molar-refractivity contribution in [2.45, 2.75) is 52.4 Å². The number of nitrogens with zero attached hydrogens (tertiary/aromatic N) is 2. The van der Waals surface area contributed by atoms with Crippen molar-refractivity contribution in [1.82, 2.24) is 4.57 Å². The van der Waals surface area contributed by atoms with Crippen LogP contribution in [0.5, 0.6) is 0 Å². The molecule has 4 aromatic heterocycles. The molecule has 0 radical (unpaired) electrons. The molecule has 14 rings (SSSR count). The van der Waals surface area contributed by atoms with E-state index >= 15 is 0 Å². The first kappa shape index (κ1) is 35.3. The van der Waals surface area contributed by atoms with Gasteiger partial charge in [0.15, 0.2) is 0 Å². The van der Waals surface area contributed by atoms with Crippen LogP contribution in [0.25, 0.3) is 101 Å². The first-order chi connectivity index (χ1) is 30.0. The third kappa shape index (κ3) is 4.51. The maximum Gasteiger partial charge on any atom is 0.333 e. The second-order valence-corrected chi connectivity index (χ2v) is 21.8. The van der Waals surface area contributed by atoms with E-state index in [0.29, 0.717) is 0 Å². The van der Waals surface area contributed by atoms with Crippen molar-refractivity contribution in [2.24, 2.45) is 0 Å². The molecule has 2 aliphatic heterocycles. The predicted octanol–water partition coefficient (Wildman–Crippen LogP) is 15.3. The average Bonchev–Trinajstić information content (AvgIpc) is 4.02. The molecule has 3 nitrogen and oxygen atoms in total. The zero-order chi connectivity index (χ0) is 41.6. The summed E-state index contributed by atoms with van der Waals surface area (Å²) in [6, 6.07) is 53.2. The van der Waals surface area contributed by atoms with Gasteiger partial charge in [0.05, 0.1) is 11.0 Å². The van der Waals surface area contributed by atoms with Crippen LogP contribution in [-0.2, 0) is 10.8 Å². The summed E-state index contributed by atoms with van der Waals surface area (Å²) in [5.41, 5.74) is 16.1. The molecular weight excluding hydrogens is 792 g/mol. The van der Waals surface area contributed by atoms with Crippen molar-refractivity contribution in [3.63, 3.8) is 0 Å². The highest BCUT2D eigenvalue weighted by molar-refractivity contribution is 7.27. The molecule has 62 heavy (non-hydrogen) atoms. The van der Waals surface area contributed by atoms with E-state index in [1.165, 1.54) is 112 Å². The van der Waals surface area contributed by atoms with Crippen molar-refractivity contribution in [2.75, 3.05) is 4.81 Å². The zero-order valence-corrected chi connectivity index (χ0v) is 37.1. The van der Waals surface area contributed by atoms with E-state index < -0.39 is 0 Å². The number of thiophene rings is 2. The number of anilines is 2. The van der Waals surface area contributed by atoms with Gasteiger partial charge in [-0.15, -0.1) is 22.7 Å². The Balaban J connectivity index is 1.24. The van der Waals surface area contributed by atoms with Crippen molar-refractivity contribution in [3.05, 3.63) is 151 Å². The number of hydrogen-bond acceptors (Lipinski definition) is 4. The fourth-order valence-corrected chi connectivity index (χ4v) is 13.5. The monoisotopic (exact) mass is 832 g/mol. The van der Waals surface area contributed by atoms with Crippen molar-refractivity contribution in [3.8, 4) is 16.8 Å². The lowest BCUT2D eigenvalue weighted by molar-refractivity contribution is 0.590. The third-order valence-corrected chi connectivity index (χ3v) is 16.4. The summed E-state index contributed by atoms with van der Waals surface area (Å²) in [6.45, 7) is 13.8. The van der Waals surface area contributed by atoms with Crippen LogP contribution in [0.1, 0.15) is 52.7 Å². The van der Waals surface area contributed by atoms with Gasteiger partial charge in [-0.2, -0.15) is 0 Å². The molecule has 0 bridgehead atoms. The number of fused-ring (bicyclic) bond motifs is 19. The molecule has 2 aliphatic rings. The number of rotatable bonds is 1. The Morgan fingerprint density at radius 3 is 1.98 bits per heavy atom. The normalized spacial score (nSPS) is 13.9. The minimum absolute atomic E-state index is 0.0165. The summed E-state index contributed by atoms with van der Waals surface area (Å²) in [5, 5.41) is 10.3. The van der Waals surface area contributed by atoms with Crippen LogP contribution in [0.2, 0.25) is 0 Å². The molecule has 0 aliphatic carbocycles. The molecule has 0 spiro atoms. The number of hydrogen-bond donors (Lipinski definition) is 0. The second kappa shape index (κ2) is 11.8. The lowest BCUT2D eigenvalue weighted by Crippen LogP contribution is -2.60. The molecule has 0 N–H and O–H groups in total. The Hall–Kier alpha value is -6.34. The average molecular weight is 833 g/mol. The van der Waals surface area contributed by atoms with Crippen molar-refractivity contribution in [1.29, 1.82) is 0 Å². The molecular formula is C56H41BN2OS2. The van der Waals surface area contributed by atoms with E-state index in [2.05, 4.69) is 190 Å². The summed E-state index contributed by atoms with van der Waals surface area (Å²) in [5.74, 6) is 0. The van der Waals surface area contributed by atoms with Gasteiger partial charge in [0.25, 0.3) is 0 Å². The highest BCUT2D eigenvalue weighted by Gasteiger charge is 2.46. The van der Waals surface area contributed by atoms with Gasteiger partial charge >= 0.3 is 6.85 Å². The fraction of sp³-hybridized carbons (Fsp3) is 0.143. The largest absolute Gasteiger partial charge is 0.456 e. The van der Waals surface area contributed by atoms with Gasteiger partial charge in [0, 0.05) is 96.1 Å². The number of furan rings is 1. The summed E-state index contributed by atoms with van der Waals surface area (Å²) >= 11 is 3.87. The van der Waals surface area contributed by atoms with Crippen LogP contribution in [-0.4, -0.2) is 11.4 Å². The van der Waals surface area contributed by atoms with Gasteiger partial charge in [0.2, 0.25) is 0 Å². The molecule has 0 fully saturated rings. The molecule has 8 aromatic carbocycles. The van der Waals surface area contributed by atoms with Crippen molar-refractivity contribution < 1.29 is 4.42 Å². The van der Waals surface area contributed by atoms with E-state index in [9.17, 15) is 0 Å². The van der Waals surface area contributed by atoms with Crippen LogP contribution in [0, 0.1) is 0 Å². The smallest absolute Gasteiger partial charge is 0.333 e. The maximum atomic E-state index is 6.74. The van der Waals surface area contributed by atoms with E-state index in [-0.39, 0.29) is 17.7 Å². The molecule has 0 amide bonds. The van der Waals surface area contributed by atoms with Gasteiger partial charge in [-0.1, -0.05) is 120 Å². The number of aromatic nitrogens is 1. The minimum atomic E-state index is -0.117. The molecule has 0 unspecified atom stereocenters. The van der Waals surface area contributed by atoms with E-state index in [1.54, 1.807) is 0 Å². The van der Waals surface area contributed by atoms with Crippen LogP contribution in [0.15, 0.2) is 144 Å². The Bertz CT molecular complexity index is 3960. The van der Waals surface area contributed by atoms with Gasteiger partial charge in [-0.05, 0) is 87.5 Å². The van der Waals surface area contributed by atoms with Gasteiger partial charge in [0.1, 0.15) is 11.2 Å². The lowest BCUT2D eigenvalue weighted by atomic mass is 9.43. The first-order valence-electron chi connectivity index (χ1n) is 21.8. The van der Waals surface area contributed by atoms with Crippen molar-refractivity contribution >= 4 is 136 Å². The Morgan fingerprint density at radius 2 is 1.21 bits per heavy atom. The van der Waals surface area contributed by atoms with Crippen LogP contribution in [0.3, 0.4) is 0 Å². The van der Waals surface area contributed by atoms with Crippen LogP contribution >= 0.6 is 22.7 Å². The Morgan fingerprint density at radius 1 is 0.516 bits per heavy atom. The molecule has 0 saturated carbocycles. The number of benzene rings is 8. The SMILES string of the molecule is CC(C)(C)c1ccc(N2B3c4cc5c(cc4-n4c6ccc(C(C)(C)C)cc6c6c7c(sc8ccccc87)c(c3c64)-c3cc4c(cc32)sc2ccccc24)oc2ccccc25)cc1. The van der Waals surface area contributed by atoms with Gasteiger partial charge in [-0.3, -0.25) is 0 Å². The summed E-state index contributed by atoms with van der Waals surface area (Å²) < 4.78 is 14.7. The molecule has 296 valence electrons. The van der Waals surface area contributed by atoms with E-state index in [4.69, 9.17) is 4.42 Å². The topological polar surface area (TPSA) is 21.3 Å². The standard InChI is InChI=1S/C56H41BN2OS2/c1-55(2,3)30-19-22-32(23-20-30)59-42-29-48-37(34-14-8-11-17-46(34)61-48)26-39(42)51-52-53-49(50-35-15-9-12-18-47(35)62-54(50)51)38-25-31(56(4,5)6)21-24-41(38)58(53)43-28-45-36(27-40(43)57(52)59)33-13-7-10-16-44(33)60-45/h7-29H,1-6H3. The summed E-state index contributed by atoms with van der Waals surface area (Å²) in [7, 11) is 0. The van der Waals surface area contributed by atoms with Gasteiger partial charge in [-0.25, -0.2) is 0 Å². The van der Waals surface area contributed by atoms with Crippen LogP contribution < -0.4 is 15.7 Å². The summed E-state index contributed by atoms with van der Waals surface area (Å²) in [6.07, 6.45) is 0. The molecule has 0 saturated heterocycles. The highest BCUT2D eigenvalue weighted by Crippen LogP contribution is 2.54. The molecule has 6 heterocycles. The van der Waals surface area contributed by atoms with E-state index in [0.717, 1.165) is 21.9 Å². The zero-order valence-electron chi connectivity index (χ0n) is 35.5. The fourth-order valence-electron chi connectivity index (χ4n) is 11.1. The lowest BCUT2D eigenvalue weighted by Gasteiger charge is -2.42. The molecule has 0 atom stereocenters. The minimum Gasteiger partial charge on any atom is -0.456 e. The predicted molar refractivity (Wildman–Crippen MR) is 270 cm³/mol. The van der Waals surface area contributed by atoms with Crippen LogP contribution in [0.4, 0.5) is 11.4 Å². The first-order valence-corrected chi connectivity index (χ1v) is 23.4.